The molecule has 2 rings (SSSR count). The van der Waals surface area contributed by atoms with Crippen LogP contribution in [0.4, 0.5) is 5.69 Å². The zero-order valence-corrected chi connectivity index (χ0v) is 8.78. The molecule has 15 heavy (non-hydrogen) atoms. The van der Waals surface area contributed by atoms with Crippen LogP contribution in [0.5, 0.6) is 0 Å². The summed E-state index contributed by atoms with van der Waals surface area (Å²) in [6, 6.07) is 9.38. The van der Waals surface area contributed by atoms with E-state index in [0.29, 0.717) is 11.6 Å². The average Bonchev–Trinajstić information content (AvgIpc) is 2.29. The lowest BCUT2D eigenvalue weighted by Crippen LogP contribution is -2.03. The number of hydrogen-bond donors (Lipinski definition) is 1. The van der Waals surface area contributed by atoms with E-state index in [1.165, 1.54) is 0 Å². The molecule has 3 nitrogen and oxygen atoms in total. The summed E-state index contributed by atoms with van der Waals surface area (Å²) in [6.45, 7) is 0.574. The Morgan fingerprint density at radius 2 is 1.80 bits per heavy atom. The van der Waals surface area contributed by atoms with Crippen LogP contribution >= 0.6 is 11.6 Å². The van der Waals surface area contributed by atoms with Gasteiger partial charge in [-0.3, -0.25) is 0 Å². The lowest BCUT2D eigenvalue weighted by atomic mass is 10.3. The normalized spacial score (nSPS) is 9.93. The van der Waals surface area contributed by atoms with Gasteiger partial charge in [0.05, 0.1) is 17.3 Å². The monoisotopic (exact) mass is 219 g/mol. The largest absolute Gasteiger partial charge is 0.377 e. The molecule has 0 aliphatic rings. The first-order valence-electron chi connectivity index (χ1n) is 4.60. The summed E-state index contributed by atoms with van der Waals surface area (Å²) in [4.78, 5) is 8.21. The molecule has 0 atom stereocenters. The van der Waals surface area contributed by atoms with E-state index in [4.69, 9.17) is 11.6 Å². The van der Waals surface area contributed by atoms with Crippen molar-refractivity contribution in [2.75, 3.05) is 5.32 Å². The lowest BCUT2D eigenvalue weighted by Gasteiger charge is -2.06. The van der Waals surface area contributed by atoms with Gasteiger partial charge in [0.1, 0.15) is 5.82 Å². The van der Waals surface area contributed by atoms with Crippen molar-refractivity contribution >= 4 is 17.3 Å². The topological polar surface area (TPSA) is 37.8 Å². The van der Waals surface area contributed by atoms with Crippen LogP contribution < -0.4 is 5.32 Å². The van der Waals surface area contributed by atoms with Crippen molar-refractivity contribution in [2.45, 2.75) is 6.54 Å². The highest BCUT2D eigenvalue weighted by Gasteiger charge is 1.98. The zero-order chi connectivity index (χ0) is 10.5. The van der Waals surface area contributed by atoms with Gasteiger partial charge in [0.25, 0.3) is 0 Å². The fourth-order valence-electron chi connectivity index (χ4n) is 1.20. The molecule has 0 aliphatic heterocycles. The number of para-hydroxylation sites is 1. The second-order valence-corrected chi connectivity index (χ2v) is 3.41. The van der Waals surface area contributed by atoms with Crippen LogP contribution in [0.25, 0.3) is 0 Å². The van der Waals surface area contributed by atoms with Gasteiger partial charge in [-0.15, -0.1) is 0 Å². The second kappa shape index (κ2) is 4.75. The number of nitrogens with one attached hydrogen (secondary N) is 1. The first-order chi connectivity index (χ1) is 7.36. The molecule has 1 heterocycles. The van der Waals surface area contributed by atoms with Crippen molar-refractivity contribution in [1.82, 2.24) is 9.97 Å². The van der Waals surface area contributed by atoms with Gasteiger partial charge < -0.3 is 5.32 Å². The maximum Gasteiger partial charge on any atom is 0.147 e. The van der Waals surface area contributed by atoms with Crippen molar-refractivity contribution in [2.24, 2.45) is 0 Å². The summed E-state index contributed by atoms with van der Waals surface area (Å²) in [5, 5.41) is 3.87. The van der Waals surface area contributed by atoms with E-state index in [1.54, 1.807) is 18.5 Å². The molecule has 1 aromatic carbocycles. The quantitative estimate of drug-likeness (QED) is 0.863. The minimum Gasteiger partial charge on any atom is -0.377 e. The Labute approximate surface area is 93.1 Å². The lowest BCUT2D eigenvalue weighted by molar-refractivity contribution is 0.948. The van der Waals surface area contributed by atoms with Crippen LogP contribution in [0.1, 0.15) is 5.82 Å². The Balaban J connectivity index is 2.03. The molecule has 0 amide bonds. The van der Waals surface area contributed by atoms with E-state index < -0.39 is 0 Å². The molecule has 0 unspecified atom stereocenters. The average molecular weight is 220 g/mol. The van der Waals surface area contributed by atoms with Gasteiger partial charge in [-0.1, -0.05) is 23.7 Å². The number of hydrogen-bond acceptors (Lipinski definition) is 3. The molecule has 2 aromatic rings. The number of halogens is 1. The third-order valence-corrected chi connectivity index (χ3v) is 2.26. The van der Waals surface area contributed by atoms with Gasteiger partial charge in [0.15, 0.2) is 0 Å². The SMILES string of the molecule is Clc1ccccc1NCc1ncccn1. The van der Waals surface area contributed by atoms with Crippen LogP contribution in [-0.2, 0) is 6.54 Å². The first kappa shape index (κ1) is 9.93. The Hall–Kier alpha value is -1.61. The standard InChI is InChI=1S/C11H10ClN3/c12-9-4-1-2-5-10(9)15-8-11-13-6-3-7-14-11/h1-7,15H,8H2. The highest BCUT2D eigenvalue weighted by atomic mass is 35.5. The van der Waals surface area contributed by atoms with E-state index in [9.17, 15) is 0 Å². The smallest absolute Gasteiger partial charge is 0.147 e. The van der Waals surface area contributed by atoms with Gasteiger partial charge in [-0.2, -0.15) is 0 Å². The van der Waals surface area contributed by atoms with Gasteiger partial charge in [-0.25, -0.2) is 9.97 Å². The van der Waals surface area contributed by atoms with E-state index in [2.05, 4.69) is 15.3 Å². The Morgan fingerprint density at radius 1 is 1.07 bits per heavy atom. The second-order valence-electron chi connectivity index (χ2n) is 3.00. The summed E-state index contributed by atoms with van der Waals surface area (Å²) >= 11 is 5.99. The summed E-state index contributed by atoms with van der Waals surface area (Å²) in [6.07, 6.45) is 3.44. The molecular weight excluding hydrogens is 210 g/mol. The van der Waals surface area contributed by atoms with Gasteiger partial charge in [0.2, 0.25) is 0 Å². The molecule has 0 fully saturated rings. The maximum absolute atomic E-state index is 5.99. The molecule has 1 N–H and O–H groups in total. The predicted octanol–water partition coefficient (Wildman–Crippen LogP) is 2.74. The van der Waals surface area contributed by atoms with Gasteiger partial charge in [0, 0.05) is 12.4 Å². The highest BCUT2D eigenvalue weighted by molar-refractivity contribution is 6.33. The third-order valence-electron chi connectivity index (χ3n) is 1.93. The molecule has 76 valence electrons. The molecule has 1 aromatic heterocycles. The molecule has 0 bridgehead atoms. The van der Waals surface area contributed by atoms with Gasteiger partial charge in [-0.05, 0) is 18.2 Å². The van der Waals surface area contributed by atoms with Crippen molar-refractivity contribution < 1.29 is 0 Å². The minimum absolute atomic E-state index is 0.574. The summed E-state index contributed by atoms with van der Waals surface area (Å²) in [5.41, 5.74) is 0.895. The first-order valence-corrected chi connectivity index (χ1v) is 4.98. The summed E-state index contributed by atoms with van der Waals surface area (Å²) in [5.74, 6) is 0.748. The number of benzene rings is 1. The van der Waals surface area contributed by atoms with Gasteiger partial charge >= 0.3 is 0 Å². The van der Waals surface area contributed by atoms with E-state index >= 15 is 0 Å². The predicted molar refractivity (Wildman–Crippen MR) is 60.8 cm³/mol. The molecule has 0 spiro atoms. The van der Waals surface area contributed by atoms with Crippen molar-refractivity contribution in [3.05, 3.63) is 53.6 Å². The number of rotatable bonds is 3. The number of aromatic nitrogens is 2. The zero-order valence-electron chi connectivity index (χ0n) is 8.02. The molecule has 0 radical (unpaired) electrons. The van der Waals surface area contributed by atoms with Crippen LogP contribution in [-0.4, -0.2) is 9.97 Å². The molecule has 0 aliphatic carbocycles. The molecule has 0 saturated carbocycles. The number of nitrogens with zero attached hydrogens (tertiary/aromatic N) is 2. The fraction of sp³-hybridized carbons (Fsp3) is 0.0909. The van der Waals surface area contributed by atoms with Crippen LogP contribution in [0, 0.1) is 0 Å². The van der Waals surface area contributed by atoms with Crippen LogP contribution in [0.2, 0.25) is 5.02 Å². The van der Waals surface area contributed by atoms with E-state index in [-0.39, 0.29) is 0 Å². The minimum atomic E-state index is 0.574. The van der Waals surface area contributed by atoms with Crippen molar-refractivity contribution in [3.63, 3.8) is 0 Å². The summed E-state index contributed by atoms with van der Waals surface area (Å²) < 4.78 is 0. The molecule has 4 heteroatoms. The van der Waals surface area contributed by atoms with Crippen LogP contribution in [0.3, 0.4) is 0 Å². The van der Waals surface area contributed by atoms with E-state index in [0.717, 1.165) is 11.5 Å². The Kier molecular flexibility index (Phi) is 3.15. The maximum atomic E-state index is 5.99. The van der Waals surface area contributed by atoms with Crippen molar-refractivity contribution in [3.8, 4) is 0 Å². The highest BCUT2D eigenvalue weighted by Crippen LogP contribution is 2.20. The number of anilines is 1. The third kappa shape index (κ3) is 2.67. The summed E-state index contributed by atoms with van der Waals surface area (Å²) in [7, 11) is 0. The van der Waals surface area contributed by atoms with Crippen LogP contribution in [0.15, 0.2) is 42.7 Å². The van der Waals surface area contributed by atoms with Crippen molar-refractivity contribution in [1.29, 1.82) is 0 Å². The molecule has 0 saturated heterocycles. The Bertz CT molecular complexity index is 431. The fourth-order valence-corrected chi connectivity index (χ4v) is 1.40. The van der Waals surface area contributed by atoms with E-state index in [1.807, 2.05) is 24.3 Å². The Morgan fingerprint density at radius 3 is 2.53 bits per heavy atom. The molecular formula is C11H10ClN3.